The predicted molar refractivity (Wildman–Crippen MR) is 81.3 cm³/mol. The van der Waals surface area contributed by atoms with Gasteiger partial charge in [-0.3, -0.25) is 0 Å². The lowest BCUT2D eigenvalue weighted by atomic mass is 10.2. The summed E-state index contributed by atoms with van der Waals surface area (Å²) in [5.74, 6) is 0.397. The molecule has 3 aromatic rings. The number of aromatic nitrogens is 4. The molecule has 3 rings (SSSR count). The van der Waals surface area contributed by atoms with Crippen molar-refractivity contribution in [1.29, 1.82) is 0 Å². The number of fused-ring (bicyclic) bond motifs is 1. The van der Waals surface area contributed by atoms with Gasteiger partial charge in [0.05, 0.1) is 12.1 Å². The maximum absolute atomic E-state index is 6.05. The molecule has 0 fully saturated rings. The first-order valence-electron chi connectivity index (χ1n) is 6.40. The topological polar surface area (TPSA) is 86.8 Å². The molecule has 2 N–H and O–H groups in total. The summed E-state index contributed by atoms with van der Waals surface area (Å²) in [7, 11) is 0. The quantitative estimate of drug-likeness (QED) is 0.741. The Morgan fingerprint density at radius 1 is 1.05 bits per heavy atom. The summed E-state index contributed by atoms with van der Waals surface area (Å²) in [5, 5.41) is 2.38. The van der Waals surface area contributed by atoms with Crippen LogP contribution in [-0.4, -0.2) is 26.5 Å². The molecular formula is C14H13N5OS. The van der Waals surface area contributed by atoms with Crippen molar-refractivity contribution >= 4 is 28.4 Å². The first kappa shape index (κ1) is 13.6. The van der Waals surface area contributed by atoms with Gasteiger partial charge in [0, 0.05) is 5.39 Å². The zero-order valence-electron chi connectivity index (χ0n) is 11.4. The van der Waals surface area contributed by atoms with Gasteiger partial charge in [-0.05, 0) is 24.8 Å². The fourth-order valence-electron chi connectivity index (χ4n) is 1.85. The van der Waals surface area contributed by atoms with E-state index in [2.05, 4.69) is 19.9 Å². The maximum Gasteiger partial charge on any atom is 0.241 e. The van der Waals surface area contributed by atoms with Crippen LogP contribution < -0.4 is 10.5 Å². The third-order valence-electron chi connectivity index (χ3n) is 2.79. The summed E-state index contributed by atoms with van der Waals surface area (Å²) >= 11 is 1.38. The Hall–Kier alpha value is -2.41. The summed E-state index contributed by atoms with van der Waals surface area (Å²) < 4.78 is 5.38. The second kappa shape index (κ2) is 5.92. The van der Waals surface area contributed by atoms with Crippen molar-refractivity contribution < 1.29 is 4.74 Å². The molecule has 0 aliphatic rings. The highest BCUT2D eigenvalue weighted by Crippen LogP contribution is 2.35. The summed E-state index contributed by atoms with van der Waals surface area (Å²) in [6.45, 7) is 2.38. The van der Waals surface area contributed by atoms with E-state index in [4.69, 9.17) is 10.5 Å². The third kappa shape index (κ3) is 2.73. The van der Waals surface area contributed by atoms with Crippen LogP contribution in [0.5, 0.6) is 5.88 Å². The SMILES string of the molecule is CCOc1ncnc(Sc2ncnc3ccccc23)c1N. The third-order valence-corrected chi connectivity index (χ3v) is 3.83. The first-order valence-corrected chi connectivity index (χ1v) is 7.22. The molecule has 6 nitrogen and oxygen atoms in total. The van der Waals surface area contributed by atoms with Crippen molar-refractivity contribution in [3.8, 4) is 5.88 Å². The van der Waals surface area contributed by atoms with E-state index in [1.165, 1.54) is 24.4 Å². The molecule has 0 atom stereocenters. The van der Waals surface area contributed by atoms with Crippen LogP contribution in [0.2, 0.25) is 0 Å². The Kier molecular flexibility index (Phi) is 3.83. The first-order chi connectivity index (χ1) is 10.3. The molecule has 0 spiro atoms. The van der Waals surface area contributed by atoms with Crippen LogP contribution in [0, 0.1) is 0 Å². The van der Waals surface area contributed by atoms with Gasteiger partial charge in [0.25, 0.3) is 0 Å². The van der Waals surface area contributed by atoms with Crippen LogP contribution >= 0.6 is 11.8 Å². The van der Waals surface area contributed by atoms with Gasteiger partial charge < -0.3 is 10.5 Å². The normalized spacial score (nSPS) is 10.7. The molecular weight excluding hydrogens is 286 g/mol. The number of hydrogen-bond donors (Lipinski definition) is 1. The lowest BCUT2D eigenvalue weighted by molar-refractivity contribution is 0.327. The number of para-hydroxylation sites is 1. The fourth-order valence-corrected chi connectivity index (χ4v) is 2.71. The summed E-state index contributed by atoms with van der Waals surface area (Å²) in [4.78, 5) is 16.8. The van der Waals surface area contributed by atoms with Crippen LogP contribution in [0.3, 0.4) is 0 Å². The molecule has 0 saturated carbocycles. The van der Waals surface area contributed by atoms with Gasteiger partial charge >= 0.3 is 0 Å². The molecule has 0 radical (unpaired) electrons. The lowest BCUT2D eigenvalue weighted by Crippen LogP contribution is -2.02. The largest absolute Gasteiger partial charge is 0.476 e. The van der Waals surface area contributed by atoms with Gasteiger partial charge in [-0.2, -0.15) is 4.98 Å². The highest BCUT2D eigenvalue weighted by atomic mass is 32.2. The van der Waals surface area contributed by atoms with E-state index in [0.717, 1.165) is 15.9 Å². The second-order valence-electron chi connectivity index (χ2n) is 4.13. The van der Waals surface area contributed by atoms with Gasteiger partial charge in [0.1, 0.15) is 28.4 Å². The average Bonchev–Trinajstić information content (AvgIpc) is 2.52. The van der Waals surface area contributed by atoms with E-state index >= 15 is 0 Å². The number of hydrogen-bond acceptors (Lipinski definition) is 7. The molecule has 7 heteroatoms. The number of rotatable bonds is 4. The van der Waals surface area contributed by atoms with Crippen molar-refractivity contribution in [2.75, 3.05) is 12.3 Å². The highest BCUT2D eigenvalue weighted by Gasteiger charge is 2.13. The van der Waals surface area contributed by atoms with Crippen LogP contribution in [0.25, 0.3) is 10.9 Å². The van der Waals surface area contributed by atoms with Crippen molar-refractivity contribution in [3.05, 3.63) is 36.9 Å². The molecule has 0 unspecified atom stereocenters. The van der Waals surface area contributed by atoms with Crippen molar-refractivity contribution in [2.45, 2.75) is 17.0 Å². The summed E-state index contributed by atoms with van der Waals surface area (Å²) in [6, 6.07) is 7.80. The Balaban J connectivity index is 2.01. The monoisotopic (exact) mass is 299 g/mol. The van der Waals surface area contributed by atoms with Crippen molar-refractivity contribution in [2.24, 2.45) is 0 Å². The summed E-state index contributed by atoms with van der Waals surface area (Å²) in [5.41, 5.74) is 7.35. The van der Waals surface area contributed by atoms with E-state index in [0.29, 0.717) is 23.2 Å². The number of nitrogens with zero attached hydrogens (tertiary/aromatic N) is 4. The maximum atomic E-state index is 6.05. The Labute approximate surface area is 125 Å². The van der Waals surface area contributed by atoms with Gasteiger partial charge in [0.15, 0.2) is 0 Å². The predicted octanol–water partition coefficient (Wildman–Crippen LogP) is 2.55. The second-order valence-corrected chi connectivity index (χ2v) is 5.11. The van der Waals surface area contributed by atoms with E-state index in [9.17, 15) is 0 Å². The van der Waals surface area contributed by atoms with Gasteiger partial charge in [-0.15, -0.1) is 0 Å². The Bertz CT molecular complexity index is 775. The zero-order valence-corrected chi connectivity index (χ0v) is 12.2. The number of benzene rings is 1. The smallest absolute Gasteiger partial charge is 0.241 e. The minimum atomic E-state index is 0.397. The molecule has 0 aliphatic carbocycles. The van der Waals surface area contributed by atoms with Gasteiger partial charge in [0.2, 0.25) is 5.88 Å². The van der Waals surface area contributed by atoms with Crippen LogP contribution in [0.1, 0.15) is 6.92 Å². The minimum absolute atomic E-state index is 0.397. The Morgan fingerprint density at radius 3 is 2.67 bits per heavy atom. The highest BCUT2D eigenvalue weighted by molar-refractivity contribution is 7.99. The molecule has 1 aromatic carbocycles. The Morgan fingerprint density at radius 2 is 1.81 bits per heavy atom. The van der Waals surface area contributed by atoms with E-state index < -0.39 is 0 Å². The average molecular weight is 299 g/mol. The number of anilines is 1. The zero-order chi connectivity index (χ0) is 14.7. The standard InChI is InChI=1S/C14H13N5OS/c1-2-20-12-11(15)14(19-8-17-12)21-13-9-5-3-4-6-10(9)16-7-18-13/h3-8H,2,15H2,1H3. The molecule has 106 valence electrons. The van der Waals surface area contributed by atoms with Crippen LogP contribution in [0.15, 0.2) is 47.0 Å². The summed E-state index contributed by atoms with van der Waals surface area (Å²) in [6.07, 6.45) is 2.97. The van der Waals surface area contributed by atoms with Crippen molar-refractivity contribution in [1.82, 2.24) is 19.9 Å². The molecule has 21 heavy (non-hydrogen) atoms. The van der Waals surface area contributed by atoms with Crippen molar-refractivity contribution in [3.63, 3.8) is 0 Å². The molecule has 0 bridgehead atoms. The molecule has 2 aromatic heterocycles. The van der Waals surface area contributed by atoms with E-state index in [1.807, 2.05) is 31.2 Å². The minimum Gasteiger partial charge on any atom is -0.476 e. The van der Waals surface area contributed by atoms with Crippen LogP contribution in [0.4, 0.5) is 5.69 Å². The number of ether oxygens (including phenoxy) is 1. The van der Waals surface area contributed by atoms with Gasteiger partial charge in [-0.25, -0.2) is 15.0 Å². The number of nitrogen functional groups attached to an aromatic ring is 1. The lowest BCUT2D eigenvalue weighted by Gasteiger charge is -2.09. The number of nitrogens with two attached hydrogens (primary N) is 1. The van der Waals surface area contributed by atoms with Crippen LogP contribution in [-0.2, 0) is 0 Å². The molecule has 2 heterocycles. The molecule has 0 saturated heterocycles. The fraction of sp³-hybridized carbons (Fsp3) is 0.143. The van der Waals surface area contributed by atoms with Gasteiger partial charge in [-0.1, -0.05) is 18.2 Å². The molecule has 0 aliphatic heterocycles. The van der Waals surface area contributed by atoms with E-state index in [-0.39, 0.29) is 0 Å². The van der Waals surface area contributed by atoms with E-state index in [1.54, 1.807) is 0 Å². The molecule has 0 amide bonds.